The van der Waals surface area contributed by atoms with Crippen LogP contribution in [0.1, 0.15) is 58.2 Å². The minimum atomic E-state index is -3.81. The molecule has 21 heavy (non-hydrogen) atoms. The molecule has 0 radical (unpaired) electrons. The summed E-state index contributed by atoms with van der Waals surface area (Å²) in [5.41, 5.74) is 0. The van der Waals surface area contributed by atoms with Gasteiger partial charge in [0.2, 0.25) is 0 Å². The maximum atomic E-state index is 11.6. The predicted molar refractivity (Wildman–Crippen MR) is 81.1 cm³/mol. The van der Waals surface area contributed by atoms with E-state index in [0.29, 0.717) is 12.5 Å². The summed E-state index contributed by atoms with van der Waals surface area (Å²) < 4.78 is 24.9. The van der Waals surface area contributed by atoms with Crippen LogP contribution in [-0.2, 0) is 23.0 Å². The van der Waals surface area contributed by atoms with Gasteiger partial charge in [0.05, 0.1) is 0 Å². The molecule has 1 aliphatic carbocycles. The Kier molecular flexibility index (Phi) is 5.37. The van der Waals surface area contributed by atoms with Crippen LogP contribution in [0.25, 0.3) is 0 Å². The Balaban J connectivity index is 2.12. The van der Waals surface area contributed by atoms with E-state index in [1.165, 1.54) is 32.1 Å². The molecule has 0 saturated heterocycles. The summed E-state index contributed by atoms with van der Waals surface area (Å²) in [5.74, 6) is 1.80. The molecule has 0 bridgehead atoms. The molecule has 1 fully saturated rings. The molecular formula is C14H26N4O2S. The lowest BCUT2D eigenvalue weighted by Crippen LogP contribution is -2.21. The molecule has 1 aliphatic rings. The molecule has 0 amide bonds. The second-order valence-electron chi connectivity index (χ2n) is 6.49. The molecule has 6 nitrogen and oxygen atoms in total. The van der Waals surface area contributed by atoms with E-state index in [-0.39, 0.29) is 5.16 Å². The van der Waals surface area contributed by atoms with Crippen molar-refractivity contribution in [1.82, 2.24) is 14.8 Å². The summed E-state index contributed by atoms with van der Waals surface area (Å²) in [5, 5.41) is 13.0. The van der Waals surface area contributed by atoms with Crippen LogP contribution in [0.15, 0.2) is 5.16 Å². The first-order chi connectivity index (χ1) is 9.88. The van der Waals surface area contributed by atoms with Crippen molar-refractivity contribution in [2.45, 2.75) is 70.5 Å². The molecule has 1 aromatic heterocycles. The summed E-state index contributed by atoms with van der Waals surface area (Å²) in [6.45, 7) is 4.66. The van der Waals surface area contributed by atoms with E-state index in [1.54, 1.807) is 4.57 Å². The van der Waals surface area contributed by atoms with Crippen molar-refractivity contribution in [3.05, 3.63) is 5.82 Å². The second-order valence-corrected chi connectivity index (χ2v) is 7.95. The van der Waals surface area contributed by atoms with Crippen LogP contribution in [0.3, 0.4) is 0 Å². The van der Waals surface area contributed by atoms with Gasteiger partial charge >= 0.3 is 0 Å². The quantitative estimate of drug-likeness (QED) is 0.870. The van der Waals surface area contributed by atoms with Crippen molar-refractivity contribution < 1.29 is 8.42 Å². The molecule has 0 aliphatic heterocycles. The Labute approximate surface area is 127 Å². The van der Waals surface area contributed by atoms with E-state index in [1.807, 2.05) is 13.8 Å². The third-order valence-electron chi connectivity index (χ3n) is 4.10. The van der Waals surface area contributed by atoms with Gasteiger partial charge in [-0.15, -0.1) is 10.2 Å². The fraction of sp³-hybridized carbons (Fsp3) is 0.857. The lowest BCUT2D eigenvalue weighted by molar-refractivity contribution is 0.334. The molecule has 1 saturated carbocycles. The Morgan fingerprint density at radius 2 is 1.90 bits per heavy atom. The SMILES string of the molecule is CC(C)Cn1c(CCC2CCCCC2)nnc1S(N)(=O)=O. The van der Waals surface area contributed by atoms with Crippen molar-refractivity contribution in [3.8, 4) is 0 Å². The number of rotatable bonds is 6. The Morgan fingerprint density at radius 1 is 1.24 bits per heavy atom. The average Bonchev–Trinajstić information content (AvgIpc) is 2.79. The van der Waals surface area contributed by atoms with Gasteiger partial charge in [-0.1, -0.05) is 46.0 Å². The number of nitrogens with zero attached hydrogens (tertiary/aromatic N) is 3. The number of sulfonamides is 1. The number of hydrogen-bond donors (Lipinski definition) is 1. The molecule has 0 atom stereocenters. The fourth-order valence-corrected chi connectivity index (χ4v) is 3.71. The van der Waals surface area contributed by atoms with Gasteiger partial charge in [-0.2, -0.15) is 0 Å². The van der Waals surface area contributed by atoms with E-state index >= 15 is 0 Å². The molecule has 0 spiro atoms. The zero-order valence-corrected chi connectivity index (χ0v) is 13.8. The standard InChI is InChI=1S/C14H26N4O2S/c1-11(2)10-18-13(16-17-14(18)21(15,19)20)9-8-12-6-4-3-5-7-12/h11-12H,3-10H2,1-2H3,(H2,15,19,20). The lowest BCUT2D eigenvalue weighted by atomic mass is 9.86. The van der Waals surface area contributed by atoms with E-state index < -0.39 is 10.0 Å². The average molecular weight is 314 g/mol. The number of hydrogen-bond acceptors (Lipinski definition) is 4. The Morgan fingerprint density at radius 3 is 2.48 bits per heavy atom. The van der Waals surface area contributed by atoms with Crippen LogP contribution in [0.5, 0.6) is 0 Å². The van der Waals surface area contributed by atoms with Crippen LogP contribution in [0.4, 0.5) is 0 Å². The Bertz CT molecular complexity index is 560. The van der Waals surface area contributed by atoms with E-state index in [0.717, 1.165) is 24.6 Å². The van der Waals surface area contributed by atoms with Gasteiger partial charge in [-0.25, -0.2) is 13.6 Å². The summed E-state index contributed by atoms with van der Waals surface area (Å²) in [6, 6.07) is 0. The minimum absolute atomic E-state index is 0.102. The van der Waals surface area contributed by atoms with Gasteiger partial charge in [0, 0.05) is 13.0 Å². The first-order valence-electron chi connectivity index (χ1n) is 7.83. The first kappa shape index (κ1) is 16.4. The smallest absolute Gasteiger partial charge is 0.273 e. The molecule has 2 rings (SSSR count). The number of primary sulfonamides is 1. The Hall–Kier alpha value is -0.950. The fourth-order valence-electron chi connectivity index (χ4n) is 3.07. The largest absolute Gasteiger partial charge is 0.300 e. The van der Waals surface area contributed by atoms with Gasteiger partial charge in [0.15, 0.2) is 0 Å². The third kappa shape index (κ3) is 4.51. The number of aryl methyl sites for hydroxylation is 1. The van der Waals surface area contributed by atoms with Crippen LogP contribution < -0.4 is 5.14 Å². The van der Waals surface area contributed by atoms with Crippen LogP contribution in [0, 0.1) is 11.8 Å². The van der Waals surface area contributed by atoms with Crippen LogP contribution >= 0.6 is 0 Å². The maximum absolute atomic E-state index is 11.6. The molecule has 0 unspecified atom stereocenters. The van der Waals surface area contributed by atoms with Crippen molar-refractivity contribution in [3.63, 3.8) is 0 Å². The normalized spacial score (nSPS) is 17.5. The molecule has 1 heterocycles. The highest BCUT2D eigenvalue weighted by atomic mass is 32.2. The third-order valence-corrected chi connectivity index (χ3v) is 4.91. The van der Waals surface area contributed by atoms with E-state index in [2.05, 4.69) is 10.2 Å². The van der Waals surface area contributed by atoms with Crippen LogP contribution in [0.2, 0.25) is 0 Å². The van der Waals surface area contributed by atoms with Gasteiger partial charge < -0.3 is 4.57 Å². The van der Waals surface area contributed by atoms with Crippen molar-refractivity contribution in [2.75, 3.05) is 0 Å². The minimum Gasteiger partial charge on any atom is -0.300 e. The summed E-state index contributed by atoms with van der Waals surface area (Å²) in [4.78, 5) is 0. The summed E-state index contributed by atoms with van der Waals surface area (Å²) >= 11 is 0. The molecule has 0 aromatic carbocycles. The highest BCUT2D eigenvalue weighted by Crippen LogP contribution is 2.27. The summed E-state index contributed by atoms with van der Waals surface area (Å²) in [7, 11) is -3.81. The van der Waals surface area contributed by atoms with Crippen molar-refractivity contribution in [2.24, 2.45) is 17.0 Å². The second kappa shape index (κ2) is 6.87. The topological polar surface area (TPSA) is 90.9 Å². The number of aromatic nitrogens is 3. The van der Waals surface area contributed by atoms with Gasteiger partial charge in [0.25, 0.3) is 15.2 Å². The molecule has 2 N–H and O–H groups in total. The predicted octanol–water partition coefficient (Wildman–Crippen LogP) is 2.09. The van der Waals surface area contributed by atoms with Crippen LogP contribution in [-0.4, -0.2) is 23.2 Å². The van der Waals surface area contributed by atoms with Gasteiger partial charge in [-0.05, 0) is 18.3 Å². The van der Waals surface area contributed by atoms with E-state index in [4.69, 9.17) is 5.14 Å². The van der Waals surface area contributed by atoms with Crippen molar-refractivity contribution in [1.29, 1.82) is 0 Å². The van der Waals surface area contributed by atoms with E-state index in [9.17, 15) is 8.42 Å². The molecule has 120 valence electrons. The van der Waals surface area contributed by atoms with Crippen molar-refractivity contribution >= 4 is 10.0 Å². The van der Waals surface area contributed by atoms with Gasteiger partial charge in [-0.3, -0.25) is 0 Å². The first-order valence-corrected chi connectivity index (χ1v) is 9.37. The molecule has 7 heteroatoms. The van der Waals surface area contributed by atoms with Gasteiger partial charge in [0.1, 0.15) is 5.82 Å². The highest BCUT2D eigenvalue weighted by Gasteiger charge is 2.22. The monoisotopic (exact) mass is 314 g/mol. The zero-order chi connectivity index (χ0) is 15.5. The zero-order valence-electron chi connectivity index (χ0n) is 13.0. The number of nitrogens with two attached hydrogens (primary N) is 1. The molecule has 1 aromatic rings. The molecular weight excluding hydrogens is 288 g/mol. The summed E-state index contributed by atoms with van der Waals surface area (Å²) in [6.07, 6.45) is 8.36. The lowest BCUT2D eigenvalue weighted by Gasteiger charge is -2.21. The highest BCUT2D eigenvalue weighted by molar-refractivity contribution is 7.89. The maximum Gasteiger partial charge on any atom is 0.273 e.